The van der Waals surface area contributed by atoms with Crippen molar-refractivity contribution in [3.8, 4) is 6.07 Å². The fraction of sp³-hybridized carbons (Fsp3) is 0.360. The second kappa shape index (κ2) is 9.83. The highest BCUT2D eigenvalue weighted by Gasteiger charge is 2.47. The topological polar surface area (TPSA) is 112 Å². The molecule has 3 amide bonds. The third-order valence-electron chi connectivity index (χ3n) is 6.06. The van der Waals surface area contributed by atoms with Crippen LogP contribution >= 0.6 is 0 Å². The number of esters is 1. The predicted octanol–water partition coefficient (Wildman–Crippen LogP) is 3.75. The lowest BCUT2D eigenvalue weighted by molar-refractivity contribution is 0.0108. The number of hydrogen-bond acceptors (Lipinski definition) is 6. The highest BCUT2D eigenvalue weighted by molar-refractivity contribution is 5.94. The van der Waals surface area contributed by atoms with Crippen molar-refractivity contribution >= 4 is 23.8 Å². The van der Waals surface area contributed by atoms with Gasteiger partial charge in [0.15, 0.2) is 0 Å². The summed E-state index contributed by atoms with van der Waals surface area (Å²) in [4.78, 5) is 40.5. The number of rotatable bonds is 5. The SMILES string of the molecule is CCOC(=O)c1cccc(NC(=O)N2CCC3(CC2)CN(Cc2cccc(C#N)c2)C(=O)O3)c1. The minimum atomic E-state index is -0.621. The van der Waals surface area contributed by atoms with Crippen LogP contribution in [0.4, 0.5) is 15.3 Å². The van der Waals surface area contributed by atoms with E-state index in [2.05, 4.69) is 11.4 Å². The lowest BCUT2D eigenvalue weighted by Gasteiger charge is -2.37. The molecule has 1 spiro atoms. The van der Waals surface area contributed by atoms with Crippen LogP contribution in [0.5, 0.6) is 0 Å². The number of hydrogen-bond donors (Lipinski definition) is 1. The van der Waals surface area contributed by atoms with Crippen molar-refractivity contribution in [3.05, 3.63) is 65.2 Å². The highest BCUT2D eigenvalue weighted by atomic mass is 16.6. The van der Waals surface area contributed by atoms with E-state index in [1.165, 1.54) is 0 Å². The van der Waals surface area contributed by atoms with Gasteiger partial charge in [0, 0.05) is 38.2 Å². The molecule has 2 aromatic carbocycles. The number of likely N-dealkylation sites (tertiary alicyclic amines) is 1. The van der Waals surface area contributed by atoms with E-state index in [0.29, 0.717) is 55.8 Å². The van der Waals surface area contributed by atoms with Gasteiger partial charge in [0.25, 0.3) is 0 Å². The Labute approximate surface area is 197 Å². The van der Waals surface area contributed by atoms with Crippen LogP contribution in [-0.4, -0.2) is 59.7 Å². The highest BCUT2D eigenvalue weighted by Crippen LogP contribution is 2.34. The zero-order valence-corrected chi connectivity index (χ0v) is 19.0. The molecule has 2 aliphatic heterocycles. The van der Waals surface area contributed by atoms with Gasteiger partial charge in [0.2, 0.25) is 0 Å². The van der Waals surface area contributed by atoms with Gasteiger partial charge < -0.3 is 19.7 Å². The summed E-state index contributed by atoms with van der Waals surface area (Å²) in [7, 11) is 0. The van der Waals surface area contributed by atoms with Crippen molar-refractivity contribution < 1.29 is 23.9 Å². The Morgan fingerprint density at radius 1 is 1.18 bits per heavy atom. The number of nitriles is 1. The Hall–Kier alpha value is -4.06. The Balaban J connectivity index is 1.32. The summed E-state index contributed by atoms with van der Waals surface area (Å²) in [6, 6.07) is 15.6. The number of nitrogens with zero attached hydrogens (tertiary/aromatic N) is 3. The fourth-order valence-electron chi connectivity index (χ4n) is 4.29. The summed E-state index contributed by atoms with van der Waals surface area (Å²) in [5.74, 6) is -0.439. The number of nitrogens with one attached hydrogen (secondary N) is 1. The number of urea groups is 1. The lowest BCUT2D eigenvalue weighted by atomic mass is 9.91. The first-order valence-electron chi connectivity index (χ1n) is 11.2. The van der Waals surface area contributed by atoms with Crippen LogP contribution in [0.2, 0.25) is 0 Å². The lowest BCUT2D eigenvalue weighted by Crippen LogP contribution is -2.49. The van der Waals surface area contributed by atoms with E-state index in [-0.39, 0.29) is 18.7 Å². The molecule has 0 radical (unpaired) electrons. The fourth-order valence-corrected chi connectivity index (χ4v) is 4.29. The van der Waals surface area contributed by atoms with Crippen LogP contribution in [0.1, 0.15) is 41.3 Å². The van der Waals surface area contributed by atoms with Crippen molar-refractivity contribution in [2.24, 2.45) is 0 Å². The molecule has 2 fully saturated rings. The number of anilines is 1. The molecule has 4 rings (SSSR count). The number of piperidine rings is 1. The minimum Gasteiger partial charge on any atom is -0.462 e. The standard InChI is InChI=1S/C25H26N4O5/c1-2-33-22(30)20-7-4-8-21(14-20)27-23(31)28-11-9-25(10-12-28)17-29(24(32)34-25)16-19-6-3-5-18(13-19)15-26/h3-8,13-14H,2,9-12,16-17H2,1H3,(H,27,31). The maximum Gasteiger partial charge on any atom is 0.410 e. The third kappa shape index (κ3) is 5.12. The van der Waals surface area contributed by atoms with Gasteiger partial charge in [-0.1, -0.05) is 18.2 Å². The molecule has 0 aliphatic carbocycles. The summed E-state index contributed by atoms with van der Waals surface area (Å²) in [6.45, 7) is 3.71. The average Bonchev–Trinajstić information content (AvgIpc) is 3.13. The summed E-state index contributed by atoms with van der Waals surface area (Å²) < 4.78 is 10.8. The van der Waals surface area contributed by atoms with Crippen LogP contribution in [-0.2, 0) is 16.0 Å². The Morgan fingerprint density at radius 3 is 2.68 bits per heavy atom. The van der Waals surface area contributed by atoms with Gasteiger partial charge in [-0.2, -0.15) is 5.26 Å². The molecule has 176 valence electrons. The number of benzene rings is 2. The van der Waals surface area contributed by atoms with E-state index in [1.807, 2.05) is 6.07 Å². The smallest absolute Gasteiger partial charge is 0.410 e. The zero-order valence-electron chi connectivity index (χ0n) is 19.0. The van der Waals surface area contributed by atoms with Crippen molar-refractivity contribution in [2.75, 3.05) is 31.6 Å². The van der Waals surface area contributed by atoms with E-state index in [9.17, 15) is 14.4 Å². The van der Waals surface area contributed by atoms with Gasteiger partial charge in [-0.3, -0.25) is 4.90 Å². The molecule has 1 N–H and O–H groups in total. The molecule has 0 saturated carbocycles. The largest absolute Gasteiger partial charge is 0.462 e. The Morgan fingerprint density at radius 2 is 1.94 bits per heavy atom. The first-order valence-corrected chi connectivity index (χ1v) is 11.2. The number of carbonyl (C=O) groups is 3. The van der Waals surface area contributed by atoms with E-state index in [0.717, 1.165) is 5.56 Å². The molecule has 2 heterocycles. The molecule has 9 nitrogen and oxygen atoms in total. The van der Waals surface area contributed by atoms with Crippen molar-refractivity contribution in [2.45, 2.75) is 31.9 Å². The molecule has 0 atom stereocenters. The predicted molar refractivity (Wildman–Crippen MR) is 123 cm³/mol. The number of amides is 3. The molecule has 2 saturated heterocycles. The van der Waals surface area contributed by atoms with Gasteiger partial charge in [-0.15, -0.1) is 0 Å². The normalized spacial score (nSPS) is 16.6. The Kier molecular flexibility index (Phi) is 6.68. The van der Waals surface area contributed by atoms with Crippen LogP contribution in [0.3, 0.4) is 0 Å². The molecule has 34 heavy (non-hydrogen) atoms. The van der Waals surface area contributed by atoms with Crippen molar-refractivity contribution in [1.82, 2.24) is 9.80 Å². The average molecular weight is 463 g/mol. The minimum absolute atomic E-state index is 0.273. The van der Waals surface area contributed by atoms with Crippen molar-refractivity contribution in [1.29, 1.82) is 5.26 Å². The van der Waals surface area contributed by atoms with Gasteiger partial charge in [-0.05, 0) is 42.8 Å². The van der Waals surface area contributed by atoms with Gasteiger partial charge >= 0.3 is 18.1 Å². The maximum atomic E-state index is 12.8. The molecule has 0 aromatic heterocycles. The molecular formula is C25H26N4O5. The van der Waals surface area contributed by atoms with E-state index >= 15 is 0 Å². The quantitative estimate of drug-likeness (QED) is 0.678. The van der Waals surface area contributed by atoms with E-state index < -0.39 is 11.6 Å². The second-order valence-corrected chi connectivity index (χ2v) is 8.44. The monoisotopic (exact) mass is 462 g/mol. The van der Waals surface area contributed by atoms with Crippen molar-refractivity contribution in [3.63, 3.8) is 0 Å². The zero-order chi connectivity index (χ0) is 24.1. The number of carbonyl (C=O) groups excluding carboxylic acids is 3. The van der Waals surface area contributed by atoms with Crippen LogP contribution < -0.4 is 5.32 Å². The van der Waals surface area contributed by atoms with Crippen LogP contribution in [0.15, 0.2) is 48.5 Å². The molecule has 0 bridgehead atoms. The van der Waals surface area contributed by atoms with Gasteiger partial charge in [-0.25, -0.2) is 14.4 Å². The van der Waals surface area contributed by atoms with Gasteiger partial charge in [0.05, 0.1) is 30.3 Å². The first kappa shape index (κ1) is 23.1. The molecule has 2 aromatic rings. The Bertz CT molecular complexity index is 1130. The summed E-state index contributed by atoms with van der Waals surface area (Å²) in [5.41, 5.74) is 1.68. The molecule has 0 unspecified atom stereocenters. The summed E-state index contributed by atoms with van der Waals surface area (Å²) in [6.07, 6.45) is 0.684. The maximum absolute atomic E-state index is 12.8. The molecule has 9 heteroatoms. The third-order valence-corrected chi connectivity index (χ3v) is 6.06. The number of ether oxygens (including phenoxy) is 2. The molecule has 2 aliphatic rings. The van der Waals surface area contributed by atoms with Crippen LogP contribution in [0.25, 0.3) is 0 Å². The van der Waals surface area contributed by atoms with Crippen LogP contribution in [0, 0.1) is 11.3 Å². The van der Waals surface area contributed by atoms with E-state index in [4.69, 9.17) is 14.7 Å². The molecular weight excluding hydrogens is 436 g/mol. The van der Waals surface area contributed by atoms with Gasteiger partial charge in [0.1, 0.15) is 5.60 Å². The first-order chi connectivity index (χ1) is 16.4. The summed E-state index contributed by atoms with van der Waals surface area (Å²) >= 11 is 0. The summed E-state index contributed by atoms with van der Waals surface area (Å²) in [5, 5.41) is 11.9. The van der Waals surface area contributed by atoms with E-state index in [1.54, 1.807) is 59.2 Å². The second-order valence-electron chi connectivity index (χ2n) is 8.44.